The molecule has 3 heterocycles. The van der Waals surface area contributed by atoms with Gasteiger partial charge in [-0.15, -0.1) is 0 Å². The molecule has 0 spiro atoms. The monoisotopic (exact) mass is 230 g/mol. The lowest BCUT2D eigenvalue weighted by Crippen LogP contribution is -2.27. The maximum atomic E-state index is 5.26. The van der Waals surface area contributed by atoms with Crippen molar-refractivity contribution in [3.63, 3.8) is 0 Å². The first-order chi connectivity index (χ1) is 8.43. The number of nitrogens with one attached hydrogen (secondary N) is 1. The summed E-state index contributed by atoms with van der Waals surface area (Å²) in [5.74, 6) is 1.30. The first-order valence-electron chi connectivity index (χ1n) is 5.91. The summed E-state index contributed by atoms with van der Waals surface area (Å²) < 4.78 is 5.26. The maximum absolute atomic E-state index is 5.26. The van der Waals surface area contributed by atoms with Gasteiger partial charge >= 0.3 is 0 Å². The molecule has 3 rings (SSSR count). The topological polar surface area (TPSA) is 63.8 Å². The predicted molar refractivity (Wildman–Crippen MR) is 62.1 cm³/mol. The molecular weight excluding hydrogens is 216 g/mol. The highest BCUT2D eigenvalue weighted by Crippen LogP contribution is 2.23. The molecular formula is C12H14N4O. The van der Waals surface area contributed by atoms with E-state index in [0.29, 0.717) is 5.89 Å². The first-order valence-corrected chi connectivity index (χ1v) is 5.91. The number of aromatic nitrogens is 3. The van der Waals surface area contributed by atoms with Crippen LogP contribution in [0.15, 0.2) is 29.0 Å². The second kappa shape index (κ2) is 4.63. The van der Waals surface area contributed by atoms with Crippen molar-refractivity contribution in [3.8, 4) is 11.5 Å². The van der Waals surface area contributed by atoms with Gasteiger partial charge in [-0.25, -0.2) is 0 Å². The summed E-state index contributed by atoms with van der Waals surface area (Å²) >= 11 is 0. The second-order valence-corrected chi connectivity index (χ2v) is 4.20. The minimum Gasteiger partial charge on any atom is -0.334 e. The van der Waals surface area contributed by atoms with E-state index in [1.54, 1.807) is 12.4 Å². The van der Waals surface area contributed by atoms with Crippen molar-refractivity contribution >= 4 is 0 Å². The molecule has 0 aromatic carbocycles. The van der Waals surface area contributed by atoms with E-state index in [1.807, 2.05) is 12.1 Å². The highest BCUT2D eigenvalue weighted by molar-refractivity contribution is 5.50. The Hall–Kier alpha value is -1.75. The summed E-state index contributed by atoms with van der Waals surface area (Å²) in [6.07, 6.45) is 6.97. The van der Waals surface area contributed by atoms with Gasteiger partial charge in [0, 0.05) is 12.4 Å². The average Bonchev–Trinajstić information content (AvgIpc) is 2.90. The molecule has 0 saturated carbocycles. The fraction of sp³-hybridized carbons (Fsp3) is 0.417. The third-order valence-electron chi connectivity index (χ3n) is 2.97. The molecule has 17 heavy (non-hydrogen) atoms. The number of hydrogen-bond donors (Lipinski definition) is 1. The van der Waals surface area contributed by atoms with Gasteiger partial charge in [0.05, 0.1) is 11.6 Å². The molecule has 2 aromatic rings. The number of nitrogens with zero attached hydrogens (tertiary/aromatic N) is 3. The van der Waals surface area contributed by atoms with Crippen LogP contribution in [0.4, 0.5) is 0 Å². The molecule has 1 saturated heterocycles. The van der Waals surface area contributed by atoms with Crippen LogP contribution in [0.25, 0.3) is 11.5 Å². The van der Waals surface area contributed by atoms with E-state index in [9.17, 15) is 0 Å². The predicted octanol–water partition coefficient (Wildman–Crippen LogP) is 1.95. The van der Waals surface area contributed by atoms with Gasteiger partial charge in [-0.2, -0.15) is 4.98 Å². The lowest BCUT2D eigenvalue weighted by Gasteiger charge is -2.19. The summed E-state index contributed by atoms with van der Waals surface area (Å²) in [5.41, 5.74) is 0.863. The van der Waals surface area contributed by atoms with Gasteiger partial charge in [0.15, 0.2) is 5.82 Å². The van der Waals surface area contributed by atoms with Gasteiger partial charge in [0.2, 0.25) is 0 Å². The molecule has 1 fully saturated rings. The molecule has 88 valence electrons. The van der Waals surface area contributed by atoms with Crippen molar-refractivity contribution in [1.82, 2.24) is 20.4 Å². The summed E-state index contributed by atoms with van der Waals surface area (Å²) in [7, 11) is 0. The normalized spacial score (nSPS) is 20.4. The molecule has 2 aromatic heterocycles. The van der Waals surface area contributed by atoms with Crippen LogP contribution in [0.5, 0.6) is 0 Å². The second-order valence-electron chi connectivity index (χ2n) is 4.20. The third kappa shape index (κ3) is 2.19. The quantitative estimate of drug-likeness (QED) is 0.854. The van der Waals surface area contributed by atoms with Crippen LogP contribution >= 0.6 is 0 Å². The standard InChI is InChI=1S/C12H14N4O/c1-2-7-14-10(5-1)11-15-12(17-16-11)9-4-3-6-13-8-9/h3-4,6,8,10,14H,1-2,5,7H2. The highest BCUT2D eigenvalue weighted by Gasteiger charge is 2.20. The molecule has 5 heteroatoms. The number of pyridine rings is 1. The van der Waals surface area contributed by atoms with E-state index in [1.165, 1.54) is 12.8 Å². The fourth-order valence-electron chi connectivity index (χ4n) is 2.06. The van der Waals surface area contributed by atoms with Gasteiger partial charge in [0.1, 0.15) is 0 Å². The smallest absolute Gasteiger partial charge is 0.259 e. The molecule has 0 aliphatic carbocycles. The van der Waals surface area contributed by atoms with Crippen LogP contribution in [0.3, 0.4) is 0 Å². The zero-order valence-electron chi connectivity index (χ0n) is 9.47. The number of piperidine rings is 1. The minimum atomic E-state index is 0.234. The van der Waals surface area contributed by atoms with Crippen molar-refractivity contribution in [2.24, 2.45) is 0 Å². The molecule has 0 bridgehead atoms. The van der Waals surface area contributed by atoms with E-state index >= 15 is 0 Å². The van der Waals surface area contributed by atoms with E-state index in [0.717, 1.165) is 24.4 Å². The molecule has 1 aliphatic heterocycles. The molecule has 0 amide bonds. The molecule has 1 aliphatic rings. The summed E-state index contributed by atoms with van der Waals surface area (Å²) in [6, 6.07) is 4.01. The Kier molecular flexibility index (Phi) is 2.83. The minimum absolute atomic E-state index is 0.234. The SMILES string of the molecule is c1cncc(-c2nc(C3CCCCN3)no2)c1. The summed E-state index contributed by atoms with van der Waals surface area (Å²) in [6.45, 7) is 1.03. The lowest BCUT2D eigenvalue weighted by atomic mass is 10.0. The number of hydrogen-bond acceptors (Lipinski definition) is 5. The Bertz CT molecular complexity index is 476. The fourth-order valence-corrected chi connectivity index (χ4v) is 2.06. The Balaban J connectivity index is 1.83. The van der Waals surface area contributed by atoms with Gasteiger partial charge in [-0.05, 0) is 31.5 Å². The Labute approximate surface area is 99.3 Å². The van der Waals surface area contributed by atoms with Crippen molar-refractivity contribution in [1.29, 1.82) is 0 Å². The van der Waals surface area contributed by atoms with Crippen LogP contribution in [0, 0.1) is 0 Å². The molecule has 0 radical (unpaired) electrons. The molecule has 1 N–H and O–H groups in total. The van der Waals surface area contributed by atoms with E-state index in [4.69, 9.17) is 4.52 Å². The van der Waals surface area contributed by atoms with Crippen LogP contribution in [-0.2, 0) is 0 Å². The zero-order valence-corrected chi connectivity index (χ0v) is 9.47. The van der Waals surface area contributed by atoms with Gasteiger partial charge in [-0.1, -0.05) is 11.6 Å². The zero-order chi connectivity index (χ0) is 11.5. The third-order valence-corrected chi connectivity index (χ3v) is 2.97. The van der Waals surface area contributed by atoms with Crippen molar-refractivity contribution in [2.75, 3.05) is 6.54 Å². The van der Waals surface area contributed by atoms with E-state index < -0.39 is 0 Å². The molecule has 1 unspecified atom stereocenters. The van der Waals surface area contributed by atoms with E-state index in [2.05, 4.69) is 20.4 Å². The van der Waals surface area contributed by atoms with Crippen molar-refractivity contribution in [3.05, 3.63) is 30.4 Å². The Morgan fingerprint density at radius 1 is 1.35 bits per heavy atom. The first kappa shape index (κ1) is 10.4. The van der Waals surface area contributed by atoms with Gasteiger partial charge in [-0.3, -0.25) is 4.98 Å². The van der Waals surface area contributed by atoms with Crippen LogP contribution in [0.1, 0.15) is 31.1 Å². The largest absolute Gasteiger partial charge is 0.334 e. The number of rotatable bonds is 2. The maximum Gasteiger partial charge on any atom is 0.259 e. The van der Waals surface area contributed by atoms with Crippen molar-refractivity contribution < 1.29 is 4.52 Å². The van der Waals surface area contributed by atoms with Crippen LogP contribution in [0.2, 0.25) is 0 Å². The molecule has 1 atom stereocenters. The van der Waals surface area contributed by atoms with Crippen LogP contribution < -0.4 is 5.32 Å². The summed E-state index contributed by atoms with van der Waals surface area (Å²) in [5, 5.41) is 7.44. The summed E-state index contributed by atoms with van der Waals surface area (Å²) in [4.78, 5) is 8.46. The molecule has 5 nitrogen and oxygen atoms in total. The van der Waals surface area contributed by atoms with E-state index in [-0.39, 0.29) is 6.04 Å². The Morgan fingerprint density at radius 2 is 2.35 bits per heavy atom. The Morgan fingerprint density at radius 3 is 3.12 bits per heavy atom. The van der Waals surface area contributed by atoms with Gasteiger partial charge in [0.25, 0.3) is 5.89 Å². The average molecular weight is 230 g/mol. The lowest BCUT2D eigenvalue weighted by molar-refractivity contribution is 0.367. The highest BCUT2D eigenvalue weighted by atomic mass is 16.5. The van der Waals surface area contributed by atoms with Gasteiger partial charge < -0.3 is 9.84 Å². The van der Waals surface area contributed by atoms with Crippen molar-refractivity contribution in [2.45, 2.75) is 25.3 Å². The van der Waals surface area contributed by atoms with Crippen LogP contribution in [-0.4, -0.2) is 21.7 Å².